The summed E-state index contributed by atoms with van der Waals surface area (Å²) in [4.78, 5) is 26.3. The highest BCUT2D eigenvalue weighted by molar-refractivity contribution is 7.08. The normalized spacial score (nSPS) is 22.5. The molecule has 1 aromatic heterocycles. The van der Waals surface area contributed by atoms with Crippen molar-refractivity contribution in [1.82, 2.24) is 10.2 Å². The summed E-state index contributed by atoms with van der Waals surface area (Å²) in [5.41, 5.74) is 1.49. The van der Waals surface area contributed by atoms with E-state index in [1.165, 1.54) is 5.56 Å². The van der Waals surface area contributed by atoms with E-state index in [2.05, 4.69) is 16.1 Å². The highest BCUT2D eigenvalue weighted by Gasteiger charge is 2.44. The number of amides is 2. The highest BCUT2D eigenvalue weighted by atomic mass is 32.1. The quantitative estimate of drug-likeness (QED) is 0.921. The number of thiophene rings is 1. The van der Waals surface area contributed by atoms with Crippen molar-refractivity contribution in [2.24, 2.45) is 0 Å². The van der Waals surface area contributed by atoms with Gasteiger partial charge < -0.3 is 10.2 Å². The van der Waals surface area contributed by atoms with Crippen molar-refractivity contribution in [2.75, 3.05) is 0 Å². The monoisotopic (exact) mass is 280 g/mol. The van der Waals surface area contributed by atoms with Crippen LogP contribution in [-0.4, -0.2) is 28.3 Å². The van der Waals surface area contributed by atoms with Gasteiger partial charge in [-0.25, -0.2) is 0 Å². The predicted octanol–water partition coefficient (Wildman–Crippen LogP) is 2.07. The van der Waals surface area contributed by atoms with Crippen LogP contribution in [0.5, 0.6) is 0 Å². The molecule has 0 saturated carbocycles. The number of carbonyl (C=O) groups is 2. The molecule has 1 unspecified atom stereocenters. The van der Waals surface area contributed by atoms with Crippen LogP contribution in [0.15, 0.2) is 10.8 Å². The van der Waals surface area contributed by atoms with E-state index in [9.17, 15) is 9.59 Å². The Labute approximate surface area is 117 Å². The largest absolute Gasteiger partial charge is 0.340 e. The molecule has 1 aliphatic heterocycles. The fourth-order valence-electron chi connectivity index (χ4n) is 2.41. The van der Waals surface area contributed by atoms with Gasteiger partial charge in [-0.05, 0) is 49.1 Å². The molecule has 104 valence electrons. The number of nitrogens with zero attached hydrogens (tertiary/aromatic N) is 1. The van der Waals surface area contributed by atoms with E-state index in [-0.39, 0.29) is 17.9 Å². The van der Waals surface area contributed by atoms with Gasteiger partial charge in [0.15, 0.2) is 0 Å². The lowest BCUT2D eigenvalue weighted by Crippen LogP contribution is -2.67. The molecule has 0 spiro atoms. The average Bonchev–Trinajstić information content (AvgIpc) is 2.71. The molecule has 1 fully saturated rings. The summed E-state index contributed by atoms with van der Waals surface area (Å²) in [6, 6.07) is -0.361. The Morgan fingerprint density at radius 2 is 2.05 bits per heavy atom. The number of piperazine rings is 1. The van der Waals surface area contributed by atoms with Gasteiger partial charge in [0.2, 0.25) is 11.8 Å². The molecule has 2 rings (SSSR count). The van der Waals surface area contributed by atoms with Crippen molar-refractivity contribution in [3.8, 4) is 0 Å². The molecule has 0 aliphatic carbocycles. The molecule has 4 nitrogen and oxygen atoms in total. The molecule has 1 N–H and O–H groups in total. The summed E-state index contributed by atoms with van der Waals surface area (Å²) >= 11 is 1.63. The van der Waals surface area contributed by atoms with Crippen LogP contribution in [0.25, 0.3) is 0 Å². The van der Waals surface area contributed by atoms with Crippen LogP contribution >= 0.6 is 11.3 Å². The van der Waals surface area contributed by atoms with E-state index in [4.69, 9.17) is 0 Å². The number of aryl methyl sites for hydroxylation is 1. The second kappa shape index (κ2) is 4.96. The molecule has 2 amide bonds. The topological polar surface area (TPSA) is 49.4 Å². The maximum Gasteiger partial charge on any atom is 0.248 e. The average molecular weight is 280 g/mol. The van der Waals surface area contributed by atoms with E-state index in [1.54, 1.807) is 30.1 Å². The summed E-state index contributed by atoms with van der Waals surface area (Å²) in [6.07, 6.45) is 0.636. The third-order valence-corrected chi connectivity index (χ3v) is 4.51. The summed E-state index contributed by atoms with van der Waals surface area (Å²) in [6.45, 7) is 8.00. The van der Waals surface area contributed by atoms with Crippen LogP contribution in [-0.2, 0) is 16.1 Å². The van der Waals surface area contributed by atoms with Gasteiger partial charge in [-0.1, -0.05) is 6.92 Å². The Bertz CT molecular complexity index is 507. The molecule has 1 saturated heterocycles. The minimum atomic E-state index is -0.813. The van der Waals surface area contributed by atoms with Crippen molar-refractivity contribution in [3.63, 3.8) is 0 Å². The van der Waals surface area contributed by atoms with Crippen molar-refractivity contribution >= 4 is 23.2 Å². The molecule has 2 heterocycles. The number of hydrogen-bond acceptors (Lipinski definition) is 3. The lowest BCUT2D eigenvalue weighted by molar-refractivity contribution is -0.154. The molecule has 0 radical (unpaired) electrons. The Balaban J connectivity index is 2.30. The fourth-order valence-corrected chi connectivity index (χ4v) is 3.26. The van der Waals surface area contributed by atoms with Crippen LogP contribution < -0.4 is 5.32 Å². The smallest absolute Gasteiger partial charge is 0.248 e. The fraction of sp³-hybridized carbons (Fsp3) is 0.571. The summed E-state index contributed by atoms with van der Waals surface area (Å²) < 4.78 is 0. The Kier molecular flexibility index (Phi) is 3.67. The van der Waals surface area contributed by atoms with Crippen molar-refractivity contribution in [2.45, 2.75) is 52.2 Å². The Morgan fingerprint density at radius 1 is 1.37 bits per heavy atom. The van der Waals surface area contributed by atoms with Gasteiger partial charge >= 0.3 is 0 Å². The minimum absolute atomic E-state index is 0.00968. The third-order valence-electron chi connectivity index (χ3n) is 3.60. The number of rotatable bonds is 3. The summed E-state index contributed by atoms with van der Waals surface area (Å²) in [5.74, 6) is -0.0652. The van der Waals surface area contributed by atoms with E-state index in [1.807, 2.05) is 13.8 Å². The molecule has 1 aliphatic rings. The summed E-state index contributed by atoms with van der Waals surface area (Å²) in [5, 5.41) is 6.92. The van der Waals surface area contributed by atoms with Crippen molar-refractivity contribution < 1.29 is 9.59 Å². The molecular formula is C14H20N2O2S. The zero-order chi connectivity index (χ0) is 14.2. The lowest BCUT2D eigenvalue weighted by atomic mass is 9.95. The maximum atomic E-state index is 12.5. The lowest BCUT2D eigenvalue weighted by Gasteiger charge is -2.42. The molecule has 0 bridgehead atoms. The SMILES string of the molecule is CCC1C(=O)NC(C)(C)C(=O)N1Cc1cscc1C. The molecule has 19 heavy (non-hydrogen) atoms. The van der Waals surface area contributed by atoms with E-state index in [0.29, 0.717) is 13.0 Å². The van der Waals surface area contributed by atoms with Gasteiger partial charge in [0.05, 0.1) is 0 Å². The highest BCUT2D eigenvalue weighted by Crippen LogP contribution is 2.24. The van der Waals surface area contributed by atoms with Crippen LogP contribution in [0.4, 0.5) is 0 Å². The number of nitrogens with one attached hydrogen (secondary N) is 1. The van der Waals surface area contributed by atoms with E-state index >= 15 is 0 Å². The van der Waals surface area contributed by atoms with Gasteiger partial charge in [0.1, 0.15) is 11.6 Å². The second-order valence-corrected chi connectivity index (χ2v) is 6.29. The standard InChI is InChI=1S/C14H20N2O2S/c1-5-11-12(17)15-14(3,4)13(18)16(11)6-10-8-19-7-9(10)2/h7-8,11H,5-6H2,1-4H3,(H,15,17). The Morgan fingerprint density at radius 3 is 2.58 bits per heavy atom. The zero-order valence-corrected chi connectivity index (χ0v) is 12.6. The minimum Gasteiger partial charge on any atom is -0.340 e. The van der Waals surface area contributed by atoms with Gasteiger partial charge in [-0.3, -0.25) is 9.59 Å². The van der Waals surface area contributed by atoms with Crippen LogP contribution in [0.3, 0.4) is 0 Å². The molecular weight excluding hydrogens is 260 g/mol. The first-order chi connectivity index (χ1) is 8.86. The predicted molar refractivity (Wildman–Crippen MR) is 75.9 cm³/mol. The van der Waals surface area contributed by atoms with Crippen LogP contribution in [0.1, 0.15) is 38.3 Å². The first kappa shape index (κ1) is 14.1. The summed E-state index contributed by atoms with van der Waals surface area (Å²) in [7, 11) is 0. The Hall–Kier alpha value is -1.36. The molecule has 1 atom stereocenters. The molecule has 0 aromatic carbocycles. The molecule has 5 heteroatoms. The third kappa shape index (κ3) is 2.52. The van der Waals surface area contributed by atoms with Crippen LogP contribution in [0.2, 0.25) is 0 Å². The van der Waals surface area contributed by atoms with Gasteiger partial charge in [0.25, 0.3) is 0 Å². The first-order valence-corrected chi connectivity index (χ1v) is 7.46. The number of carbonyl (C=O) groups excluding carboxylic acids is 2. The van der Waals surface area contributed by atoms with Gasteiger partial charge in [0, 0.05) is 6.54 Å². The zero-order valence-electron chi connectivity index (χ0n) is 11.8. The molecule has 1 aromatic rings. The maximum absolute atomic E-state index is 12.5. The van der Waals surface area contributed by atoms with Crippen LogP contribution in [0, 0.1) is 6.92 Å². The van der Waals surface area contributed by atoms with Crippen molar-refractivity contribution in [3.05, 3.63) is 21.9 Å². The first-order valence-electron chi connectivity index (χ1n) is 6.51. The van der Waals surface area contributed by atoms with Gasteiger partial charge in [-0.15, -0.1) is 0 Å². The van der Waals surface area contributed by atoms with E-state index < -0.39 is 5.54 Å². The number of hydrogen-bond donors (Lipinski definition) is 1. The second-order valence-electron chi connectivity index (χ2n) is 5.55. The van der Waals surface area contributed by atoms with Crippen molar-refractivity contribution in [1.29, 1.82) is 0 Å². The van der Waals surface area contributed by atoms with Gasteiger partial charge in [-0.2, -0.15) is 11.3 Å². The van der Waals surface area contributed by atoms with E-state index in [0.717, 1.165) is 5.56 Å².